The molecule has 9 heteroatoms. The molecular formula is C9H15NO7S. The van der Waals surface area contributed by atoms with Gasteiger partial charge in [-0.3, -0.25) is 9.59 Å². The summed E-state index contributed by atoms with van der Waals surface area (Å²) in [5.41, 5.74) is 0. The molecule has 0 bridgehead atoms. The summed E-state index contributed by atoms with van der Waals surface area (Å²) in [4.78, 5) is 21.2. The van der Waals surface area contributed by atoms with E-state index in [-0.39, 0.29) is 12.8 Å². The van der Waals surface area contributed by atoms with E-state index in [2.05, 4.69) is 0 Å². The van der Waals surface area contributed by atoms with Gasteiger partial charge in [-0.25, -0.2) is 13.1 Å². The summed E-state index contributed by atoms with van der Waals surface area (Å²) < 4.78 is 30.7. The second-order valence-corrected chi connectivity index (χ2v) is 5.96. The van der Waals surface area contributed by atoms with Crippen LogP contribution in [0.3, 0.4) is 0 Å². The molecule has 104 valence electrons. The van der Waals surface area contributed by atoms with Crippen LogP contribution in [0.25, 0.3) is 0 Å². The van der Waals surface area contributed by atoms with Crippen LogP contribution in [0, 0.1) is 0 Å². The van der Waals surface area contributed by atoms with Crippen molar-refractivity contribution in [1.29, 1.82) is 0 Å². The first-order chi connectivity index (χ1) is 8.33. The first-order valence-electron chi connectivity index (χ1n) is 5.36. The number of sulfonamides is 1. The topological polar surface area (TPSA) is 130 Å². The molecule has 0 aromatic carbocycles. The van der Waals surface area contributed by atoms with E-state index in [4.69, 9.17) is 14.9 Å². The van der Waals surface area contributed by atoms with Gasteiger partial charge in [0.15, 0.2) is 0 Å². The van der Waals surface area contributed by atoms with Crippen LogP contribution < -0.4 is 4.72 Å². The van der Waals surface area contributed by atoms with Crippen molar-refractivity contribution in [3.8, 4) is 0 Å². The summed E-state index contributed by atoms with van der Waals surface area (Å²) in [6, 6.07) is -1.64. The van der Waals surface area contributed by atoms with Crippen LogP contribution in [-0.4, -0.2) is 55.1 Å². The quantitative estimate of drug-likeness (QED) is 0.570. The number of hydrogen-bond donors (Lipinski definition) is 3. The smallest absolute Gasteiger partial charge is 0.322 e. The van der Waals surface area contributed by atoms with Crippen molar-refractivity contribution in [1.82, 2.24) is 4.72 Å². The Labute approximate surface area is 104 Å². The number of ether oxygens (including phenoxy) is 1. The molecule has 1 fully saturated rings. The third kappa shape index (κ3) is 4.24. The second kappa shape index (κ2) is 6.12. The first kappa shape index (κ1) is 14.9. The lowest BCUT2D eigenvalue weighted by atomic mass is 10.2. The highest BCUT2D eigenvalue weighted by Gasteiger charge is 2.33. The minimum atomic E-state index is -3.85. The molecule has 1 atom stereocenters. The number of aliphatic carboxylic acids is 2. The number of carbonyl (C=O) groups is 2. The second-order valence-electron chi connectivity index (χ2n) is 3.96. The van der Waals surface area contributed by atoms with Crippen LogP contribution >= 0.6 is 0 Å². The molecule has 0 amide bonds. The number of hydrogen-bond acceptors (Lipinski definition) is 5. The fourth-order valence-corrected chi connectivity index (χ4v) is 3.22. The molecule has 0 spiro atoms. The number of carboxylic acids is 2. The number of nitrogens with one attached hydrogen (secondary N) is 1. The summed E-state index contributed by atoms with van der Waals surface area (Å²) in [6.07, 6.45) is -0.249. The predicted molar refractivity (Wildman–Crippen MR) is 59.6 cm³/mol. The fourth-order valence-electron chi connectivity index (χ4n) is 1.63. The maximum Gasteiger partial charge on any atom is 0.322 e. The Balaban J connectivity index is 2.71. The Hall–Kier alpha value is -1.19. The van der Waals surface area contributed by atoms with Gasteiger partial charge in [-0.15, -0.1) is 0 Å². The lowest BCUT2D eigenvalue weighted by Gasteiger charge is -2.24. The Kier molecular flexibility index (Phi) is 5.05. The Morgan fingerprint density at radius 3 is 2.28 bits per heavy atom. The molecule has 3 N–H and O–H groups in total. The van der Waals surface area contributed by atoms with Crippen LogP contribution in [0.1, 0.15) is 19.3 Å². The third-order valence-corrected chi connectivity index (χ3v) is 4.55. The lowest BCUT2D eigenvalue weighted by molar-refractivity contribution is -0.145. The Morgan fingerprint density at radius 1 is 1.28 bits per heavy atom. The zero-order chi connectivity index (χ0) is 13.8. The fraction of sp³-hybridized carbons (Fsp3) is 0.778. The van der Waals surface area contributed by atoms with Crippen molar-refractivity contribution < 1.29 is 33.0 Å². The van der Waals surface area contributed by atoms with Crippen molar-refractivity contribution in [3.63, 3.8) is 0 Å². The Bertz CT molecular complexity index is 413. The predicted octanol–water partition coefficient (Wildman–Crippen LogP) is -0.987. The molecule has 0 saturated carbocycles. The van der Waals surface area contributed by atoms with E-state index in [1.54, 1.807) is 0 Å². The van der Waals surface area contributed by atoms with E-state index in [0.717, 1.165) is 0 Å². The van der Waals surface area contributed by atoms with Crippen LogP contribution in [0.4, 0.5) is 0 Å². The van der Waals surface area contributed by atoms with Crippen molar-refractivity contribution in [3.05, 3.63) is 0 Å². The van der Waals surface area contributed by atoms with Gasteiger partial charge in [0, 0.05) is 13.2 Å². The molecule has 1 saturated heterocycles. The van der Waals surface area contributed by atoms with Gasteiger partial charge in [0.05, 0.1) is 11.7 Å². The minimum Gasteiger partial charge on any atom is -0.481 e. The van der Waals surface area contributed by atoms with Gasteiger partial charge in [0.1, 0.15) is 6.04 Å². The van der Waals surface area contributed by atoms with Crippen molar-refractivity contribution in [2.45, 2.75) is 30.6 Å². The molecule has 1 aliphatic rings. The van der Waals surface area contributed by atoms with Gasteiger partial charge < -0.3 is 14.9 Å². The average molecular weight is 281 g/mol. The summed E-state index contributed by atoms with van der Waals surface area (Å²) >= 11 is 0. The van der Waals surface area contributed by atoms with E-state index in [1.165, 1.54) is 0 Å². The molecule has 0 aliphatic carbocycles. The molecule has 0 aromatic heterocycles. The maximum atomic E-state index is 11.9. The van der Waals surface area contributed by atoms with Crippen LogP contribution in [0.5, 0.6) is 0 Å². The highest BCUT2D eigenvalue weighted by molar-refractivity contribution is 7.90. The van der Waals surface area contributed by atoms with E-state index in [0.29, 0.717) is 13.2 Å². The van der Waals surface area contributed by atoms with E-state index < -0.39 is 39.7 Å². The van der Waals surface area contributed by atoms with Crippen molar-refractivity contribution in [2.24, 2.45) is 0 Å². The van der Waals surface area contributed by atoms with Crippen LogP contribution in [0.15, 0.2) is 0 Å². The van der Waals surface area contributed by atoms with Gasteiger partial charge in [-0.2, -0.15) is 0 Å². The zero-order valence-corrected chi connectivity index (χ0v) is 10.4. The van der Waals surface area contributed by atoms with Gasteiger partial charge in [-0.1, -0.05) is 0 Å². The molecule has 8 nitrogen and oxygen atoms in total. The molecule has 0 aromatic rings. The summed E-state index contributed by atoms with van der Waals surface area (Å²) in [5.74, 6) is -2.88. The first-order valence-corrected chi connectivity index (χ1v) is 6.91. The molecule has 0 unspecified atom stereocenters. The largest absolute Gasteiger partial charge is 0.481 e. The van der Waals surface area contributed by atoms with E-state index >= 15 is 0 Å². The summed E-state index contributed by atoms with van der Waals surface area (Å²) in [5, 5.41) is 16.6. The van der Waals surface area contributed by atoms with E-state index in [9.17, 15) is 18.0 Å². The average Bonchev–Trinajstić information content (AvgIpc) is 2.28. The maximum absolute atomic E-state index is 11.9. The summed E-state index contributed by atoms with van der Waals surface area (Å²) in [6.45, 7) is 0.588. The number of carboxylic acid groups (broad SMARTS) is 2. The normalized spacial score (nSPS) is 19.3. The lowest BCUT2D eigenvalue weighted by Crippen LogP contribution is -2.47. The molecule has 18 heavy (non-hydrogen) atoms. The molecule has 1 aliphatic heterocycles. The standard InChI is InChI=1S/C9H15NO7S/c11-8(12)5-7(9(13)14)10-18(15,16)6-1-3-17-4-2-6/h6-7,10H,1-5H2,(H,11,12)(H,13,14)/t7-/m0/s1. The highest BCUT2D eigenvalue weighted by Crippen LogP contribution is 2.15. The van der Waals surface area contributed by atoms with E-state index in [1.807, 2.05) is 4.72 Å². The number of rotatable bonds is 6. The van der Waals surface area contributed by atoms with Crippen molar-refractivity contribution >= 4 is 22.0 Å². The Morgan fingerprint density at radius 2 is 1.83 bits per heavy atom. The molecular weight excluding hydrogens is 266 g/mol. The monoisotopic (exact) mass is 281 g/mol. The van der Waals surface area contributed by atoms with Gasteiger partial charge in [0.25, 0.3) is 0 Å². The van der Waals surface area contributed by atoms with Crippen LogP contribution in [0.2, 0.25) is 0 Å². The zero-order valence-electron chi connectivity index (χ0n) is 9.53. The SMILES string of the molecule is O=C(O)C[C@H](NS(=O)(=O)C1CCOCC1)C(=O)O. The third-order valence-electron chi connectivity index (χ3n) is 2.59. The van der Waals surface area contributed by atoms with Gasteiger partial charge >= 0.3 is 11.9 Å². The molecule has 1 rings (SSSR count). The van der Waals surface area contributed by atoms with Crippen LogP contribution in [-0.2, 0) is 24.3 Å². The minimum absolute atomic E-state index is 0.273. The summed E-state index contributed by atoms with van der Waals surface area (Å²) in [7, 11) is -3.85. The van der Waals surface area contributed by atoms with Gasteiger partial charge in [-0.05, 0) is 12.8 Å². The van der Waals surface area contributed by atoms with Gasteiger partial charge in [0.2, 0.25) is 10.0 Å². The molecule has 0 radical (unpaired) electrons. The molecule has 1 heterocycles. The highest BCUT2D eigenvalue weighted by atomic mass is 32.2. The van der Waals surface area contributed by atoms with Crippen molar-refractivity contribution in [2.75, 3.05) is 13.2 Å².